The Balaban J connectivity index is 2.20. The van der Waals surface area contributed by atoms with Gasteiger partial charge in [0.05, 0.1) is 12.4 Å². The lowest BCUT2D eigenvalue weighted by molar-refractivity contribution is -0.117. The molecule has 0 fully saturated rings. The summed E-state index contributed by atoms with van der Waals surface area (Å²) in [5.74, 6) is 0.369. The van der Waals surface area contributed by atoms with Crippen LogP contribution in [0.15, 0.2) is 12.5 Å². The van der Waals surface area contributed by atoms with Crippen LogP contribution >= 0.6 is 0 Å². The van der Waals surface area contributed by atoms with Crippen LogP contribution in [0.3, 0.4) is 0 Å². The van der Waals surface area contributed by atoms with E-state index in [1.165, 1.54) is 0 Å². The van der Waals surface area contributed by atoms with Crippen molar-refractivity contribution in [3.05, 3.63) is 12.5 Å². The Kier molecular flexibility index (Phi) is 9.45. The first-order valence-electron chi connectivity index (χ1n) is 8.04. The van der Waals surface area contributed by atoms with Crippen LogP contribution in [0.4, 0.5) is 5.82 Å². The summed E-state index contributed by atoms with van der Waals surface area (Å²) in [5, 5.41) is 6.08. The lowest BCUT2D eigenvalue weighted by Gasteiger charge is -2.09. The predicted molar refractivity (Wildman–Crippen MR) is 87.7 cm³/mol. The molecule has 22 heavy (non-hydrogen) atoms. The van der Waals surface area contributed by atoms with Gasteiger partial charge < -0.3 is 25.7 Å². The number of hydrogen-bond donors (Lipinski definition) is 3. The fourth-order valence-electron chi connectivity index (χ4n) is 1.98. The molecule has 1 aromatic rings. The second-order valence-electron chi connectivity index (χ2n) is 5.18. The average Bonchev–Trinajstić information content (AvgIpc) is 2.94. The van der Waals surface area contributed by atoms with Crippen molar-refractivity contribution < 1.29 is 9.53 Å². The highest BCUT2D eigenvalue weighted by molar-refractivity contribution is 5.93. The van der Waals surface area contributed by atoms with Gasteiger partial charge in [-0.2, -0.15) is 0 Å². The van der Waals surface area contributed by atoms with Gasteiger partial charge in [-0.15, -0.1) is 0 Å². The number of aromatic nitrogens is 2. The van der Waals surface area contributed by atoms with Crippen molar-refractivity contribution in [2.24, 2.45) is 5.73 Å². The standard InChI is InChI=1S/C15H29N5O2/c1-3-6-13(16)15(21)19-14-11-20(12-18-14)9-8-17-7-5-10-22-4-2/h11-13,17H,3-10,16H2,1-2H3,(H,19,21)/t13-/m0/s1. The van der Waals surface area contributed by atoms with E-state index in [0.29, 0.717) is 12.2 Å². The van der Waals surface area contributed by atoms with E-state index in [1.807, 2.05) is 24.6 Å². The third kappa shape index (κ3) is 7.53. The molecular weight excluding hydrogens is 282 g/mol. The molecule has 1 rings (SSSR count). The summed E-state index contributed by atoms with van der Waals surface area (Å²) in [4.78, 5) is 16.0. The Labute approximate surface area is 132 Å². The number of amides is 1. The molecule has 1 amide bonds. The van der Waals surface area contributed by atoms with E-state index in [4.69, 9.17) is 10.5 Å². The second kappa shape index (κ2) is 11.2. The molecule has 1 atom stereocenters. The maximum Gasteiger partial charge on any atom is 0.242 e. The maximum atomic E-state index is 11.8. The van der Waals surface area contributed by atoms with Gasteiger partial charge in [0, 0.05) is 32.5 Å². The number of rotatable bonds is 12. The molecule has 0 aliphatic rings. The summed E-state index contributed by atoms with van der Waals surface area (Å²) in [6.07, 6.45) is 6.10. The summed E-state index contributed by atoms with van der Waals surface area (Å²) >= 11 is 0. The highest BCUT2D eigenvalue weighted by atomic mass is 16.5. The molecule has 0 radical (unpaired) electrons. The van der Waals surface area contributed by atoms with Crippen molar-refractivity contribution in [1.29, 1.82) is 0 Å². The summed E-state index contributed by atoms with van der Waals surface area (Å²) in [7, 11) is 0. The van der Waals surface area contributed by atoms with Gasteiger partial charge in [0.15, 0.2) is 5.82 Å². The summed E-state index contributed by atoms with van der Waals surface area (Å²) in [5.41, 5.74) is 5.76. The van der Waals surface area contributed by atoms with Crippen LogP contribution in [0.25, 0.3) is 0 Å². The zero-order valence-corrected chi connectivity index (χ0v) is 13.7. The van der Waals surface area contributed by atoms with Crippen LogP contribution in [0.5, 0.6) is 0 Å². The molecule has 1 heterocycles. The van der Waals surface area contributed by atoms with Crippen molar-refractivity contribution in [3.63, 3.8) is 0 Å². The molecule has 0 aromatic carbocycles. The molecule has 0 saturated heterocycles. The first-order chi connectivity index (χ1) is 10.7. The number of nitrogens with one attached hydrogen (secondary N) is 2. The summed E-state index contributed by atoms with van der Waals surface area (Å²) < 4.78 is 7.21. The highest BCUT2D eigenvalue weighted by Crippen LogP contribution is 2.04. The van der Waals surface area contributed by atoms with Gasteiger partial charge in [-0.3, -0.25) is 4.79 Å². The monoisotopic (exact) mass is 311 g/mol. The van der Waals surface area contributed by atoms with Crippen LogP contribution in [0.2, 0.25) is 0 Å². The molecule has 0 aliphatic heterocycles. The lowest BCUT2D eigenvalue weighted by atomic mass is 10.2. The normalized spacial score (nSPS) is 12.3. The molecular formula is C15H29N5O2. The first-order valence-corrected chi connectivity index (χ1v) is 8.04. The third-order valence-electron chi connectivity index (χ3n) is 3.21. The SMILES string of the molecule is CCC[C@H](N)C(=O)Nc1cn(CCNCCCOCC)cn1. The second-order valence-corrected chi connectivity index (χ2v) is 5.18. The lowest BCUT2D eigenvalue weighted by Crippen LogP contribution is -2.35. The van der Waals surface area contributed by atoms with Gasteiger partial charge >= 0.3 is 0 Å². The predicted octanol–water partition coefficient (Wildman–Crippen LogP) is 0.965. The fourth-order valence-corrected chi connectivity index (χ4v) is 1.98. The van der Waals surface area contributed by atoms with Crippen LogP contribution in [0.1, 0.15) is 33.1 Å². The van der Waals surface area contributed by atoms with Gasteiger partial charge in [0.1, 0.15) is 0 Å². The summed E-state index contributed by atoms with van der Waals surface area (Å²) in [6, 6.07) is -0.470. The smallest absolute Gasteiger partial charge is 0.242 e. The van der Waals surface area contributed by atoms with E-state index in [-0.39, 0.29) is 5.91 Å². The topological polar surface area (TPSA) is 94.2 Å². The number of hydrogen-bond acceptors (Lipinski definition) is 5. The van der Waals surface area contributed by atoms with Gasteiger partial charge in [-0.25, -0.2) is 4.98 Å². The molecule has 0 spiro atoms. The Morgan fingerprint density at radius 3 is 3.00 bits per heavy atom. The number of ether oxygens (including phenoxy) is 1. The number of carbonyl (C=O) groups is 1. The molecule has 1 aromatic heterocycles. The Morgan fingerprint density at radius 2 is 2.27 bits per heavy atom. The zero-order chi connectivity index (χ0) is 16.2. The van der Waals surface area contributed by atoms with E-state index in [0.717, 1.165) is 45.7 Å². The van der Waals surface area contributed by atoms with E-state index in [2.05, 4.69) is 15.6 Å². The third-order valence-corrected chi connectivity index (χ3v) is 3.21. The Morgan fingerprint density at radius 1 is 1.45 bits per heavy atom. The van der Waals surface area contributed by atoms with Crippen molar-refractivity contribution in [1.82, 2.24) is 14.9 Å². The molecule has 126 valence electrons. The number of nitrogens with two attached hydrogens (primary N) is 1. The van der Waals surface area contributed by atoms with Gasteiger partial charge in [-0.1, -0.05) is 13.3 Å². The minimum atomic E-state index is -0.470. The van der Waals surface area contributed by atoms with Gasteiger partial charge in [0.2, 0.25) is 5.91 Å². The molecule has 7 heteroatoms. The van der Waals surface area contributed by atoms with Crippen LogP contribution in [-0.2, 0) is 16.1 Å². The summed E-state index contributed by atoms with van der Waals surface area (Å²) in [6.45, 7) is 8.16. The Bertz CT molecular complexity index is 422. The van der Waals surface area contributed by atoms with E-state index in [1.54, 1.807) is 6.33 Å². The largest absolute Gasteiger partial charge is 0.382 e. The van der Waals surface area contributed by atoms with Crippen LogP contribution in [0, 0.1) is 0 Å². The fraction of sp³-hybridized carbons (Fsp3) is 0.733. The minimum absolute atomic E-state index is 0.179. The average molecular weight is 311 g/mol. The number of imidazole rings is 1. The van der Waals surface area contributed by atoms with Gasteiger partial charge in [-0.05, 0) is 26.3 Å². The van der Waals surface area contributed by atoms with E-state index < -0.39 is 6.04 Å². The Hall–Kier alpha value is -1.44. The first kappa shape index (κ1) is 18.6. The van der Waals surface area contributed by atoms with E-state index in [9.17, 15) is 4.79 Å². The molecule has 7 nitrogen and oxygen atoms in total. The van der Waals surface area contributed by atoms with Crippen LogP contribution in [-0.4, -0.2) is 47.8 Å². The highest BCUT2D eigenvalue weighted by Gasteiger charge is 2.13. The van der Waals surface area contributed by atoms with Crippen molar-refractivity contribution in [2.75, 3.05) is 31.6 Å². The van der Waals surface area contributed by atoms with Crippen molar-refractivity contribution >= 4 is 11.7 Å². The van der Waals surface area contributed by atoms with Gasteiger partial charge in [0.25, 0.3) is 0 Å². The van der Waals surface area contributed by atoms with E-state index >= 15 is 0 Å². The van der Waals surface area contributed by atoms with Crippen LogP contribution < -0.4 is 16.4 Å². The molecule has 0 bridgehead atoms. The minimum Gasteiger partial charge on any atom is -0.382 e. The molecule has 0 unspecified atom stereocenters. The maximum absolute atomic E-state index is 11.8. The number of nitrogens with zero attached hydrogens (tertiary/aromatic N) is 2. The molecule has 0 aliphatic carbocycles. The van der Waals surface area contributed by atoms with Crippen molar-refractivity contribution in [2.45, 2.75) is 45.7 Å². The van der Waals surface area contributed by atoms with Crippen molar-refractivity contribution in [3.8, 4) is 0 Å². The quantitative estimate of drug-likeness (QED) is 0.500. The zero-order valence-electron chi connectivity index (χ0n) is 13.7. The molecule has 4 N–H and O–H groups in total. The number of carbonyl (C=O) groups excluding carboxylic acids is 1. The molecule has 0 saturated carbocycles. The number of anilines is 1.